The summed E-state index contributed by atoms with van der Waals surface area (Å²) in [6.07, 6.45) is 2.98. The summed E-state index contributed by atoms with van der Waals surface area (Å²) in [5, 5.41) is 12.7. The number of aromatic amines is 1. The molecular formula is C23H30ClN5OS. The summed E-state index contributed by atoms with van der Waals surface area (Å²) in [5.41, 5.74) is 2.11. The van der Waals surface area contributed by atoms with Gasteiger partial charge in [-0.3, -0.25) is 9.82 Å². The Kier molecular flexibility index (Phi) is 8.49. The molecule has 1 fully saturated rings. The molecule has 2 aromatic carbocycles. The largest absolute Gasteiger partial charge is 0.494 e. The molecule has 0 radical (unpaired) electrons. The van der Waals surface area contributed by atoms with Crippen molar-refractivity contribution < 1.29 is 4.74 Å². The Morgan fingerprint density at radius 3 is 2.77 bits per heavy atom. The quantitative estimate of drug-likeness (QED) is 0.296. The summed E-state index contributed by atoms with van der Waals surface area (Å²) in [4.78, 5) is 3.68. The lowest BCUT2D eigenvalue weighted by Gasteiger charge is -2.26. The first kappa shape index (κ1) is 22.4. The maximum atomic E-state index is 6.11. The highest BCUT2D eigenvalue weighted by Gasteiger charge is 2.08. The number of nitrogens with zero attached hydrogens (tertiary/aromatic N) is 2. The van der Waals surface area contributed by atoms with E-state index in [-0.39, 0.29) is 0 Å². The number of piperazine rings is 1. The van der Waals surface area contributed by atoms with Crippen molar-refractivity contribution >= 4 is 34.5 Å². The van der Waals surface area contributed by atoms with Gasteiger partial charge in [0, 0.05) is 54.6 Å². The summed E-state index contributed by atoms with van der Waals surface area (Å²) in [6.45, 7) is 7.27. The summed E-state index contributed by atoms with van der Waals surface area (Å²) in [6, 6.07) is 14.1. The SMILES string of the molecule is Clc1ccc2[nH]nc(CCCNSc3ccc(OCCCN4CCNCC4)cc3)c2c1. The van der Waals surface area contributed by atoms with Crippen LogP contribution in [0.3, 0.4) is 0 Å². The topological polar surface area (TPSA) is 65.2 Å². The lowest BCUT2D eigenvalue weighted by Crippen LogP contribution is -2.43. The average Bonchev–Trinajstić information content (AvgIpc) is 3.20. The lowest BCUT2D eigenvalue weighted by molar-refractivity contribution is 0.214. The van der Waals surface area contributed by atoms with E-state index >= 15 is 0 Å². The van der Waals surface area contributed by atoms with E-state index in [0.29, 0.717) is 0 Å². The van der Waals surface area contributed by atoms with Gasteiger partial charge in [-0.2, -0.15) is 5.10 Å². The zero-order valence-corrected chi connectivity index (χ0v) is 19.3. The van der Waals surface area contributed by atoms with Crippen LogP contribution in [0.25, 0.3) is 10.9 Å². The minimum atomic E-state index is 0.746. The highest BCUT2D eigenvalue weighted by molar-refractivity contribution is 7.97. The van der Waals surface area contributed by atoms with Gasteiger partial charge in [-0.05, 0) is 73.7 Å². The smallest absolute Gasteiger partial charge is 0.119 e. The van der Waals surface area contributed by atoms with Gasteiger partial charge in [0.15, 0.2) is 0 Å². The van der Waals surface area contributed by atoms with E-state index in [1.165, 1.54) is 4.90 Å². The second-order valence-corrected chi connectivity index (χ2v) is 9.13. The molecule has 1 aliphatic rings. The molecule has 6 nitrogen and oxygen atoms in total. The molecular weight excluding hydrogens is 430 g/mol. The van der Waals surface area contributed by atoms with Crippen molar-refractivity contribution in [2.75, 3.05) is 45.9 Å². The van der Waals surface area contributed by atoms with Gasteiger partial charge in [0.05, 0.1) is 17.8 Å². The van der Waals surface area contributed by atoms with Crippen molar-refractivity contribution in [2.45, 2.75) is 24.2 Å². The van der Waals surface area contributed by atoms with E-state index < -0.39 is 0 Å². The number of halogens is 1. The Labute approximate surface area is 193 Å². The molecule has 0 aliphatic carbocycles. The van der Waals surface area contributed by atoms with Gasteiger partial charge in [-0.25, -0.2) is 0 Å². The van der Waals surface area contributed by atoms with Crippen LogP contribution in [0.2, 0.25) is 5.02 Å². The minimum absolute atomic E-state index is 0.746. The van der Waals surface area contributed by atoms with Crippen LogP contribution in [0.4, 0.5) is 0 Å². The number of ether oxygens (including phenoxy) is 1. The number of nitrogens with one attached hydrogen (secondary N) is 3. The van der Waals surface area contributed by atoms with Crippen LogP contribution >= 0.6 is 23.5 Å². The van der Waals surface area contributed by atoms with E-state index in [0.717, 1.165) is 92.5 Å². The lowest BCUT2D eigenvalue weighted by atomic mass is 10.1. The first-order chi connectivity index (χ1) is 15.3. The molecule has 4 rings (SSSR count). The molecule has 3 aromatic rings. The summed E-state index contributed by atoms with van der Waals surface area (Å²) >= 11 is 7.76. The van der Waals surface area contributed by atoms with Gasteiger partial charge in [0.2, 0.25) is 0 Å². The highest BCUT2D eigenvalue weighted by atomic mass is 35.5. The standard InChI is InChI=1S/C23H30ClN5OS/c24-18-4-9-23-21(17-18)22(27-28-23)3-1-10-26-31-20-7-5-19(6-8-20)30-16-2-13-29-14-11-25-12-15-29/h4-9,17,25-26H,1-3,10-16H2,(H,27,28). The third kappa shape index (κ3) is 6.85. The Hall–Kier alpha value is -1.77. The van der Waals surface area contributed by atoms with E-state index in [2.05, 4.69) is 49.4 Å². The van der Waals surface area contributed by atoms with E-state index in [1.54, 1.807) is 11.9 Å². The van der Waals surface area contributed by atoms with Crippen molar-refractivity contribution in [3.8, 4) is 5.75 Å². The number of hydrogen-bond donors (Lipinski definition) is 3. The number of benzene rings is 2. The molecule has 8 heteroatoms. The monoisotopic (exact) mass is 459 g/mol. The molecule has 2 heterocycles. The van der Waals surface area contributed by atoms with Crippen LogP contribution in [0.5, 0.6) is 5.75 Å². The van der Waals surface area contributed by atoms with Gasteiger partial charge in [0.1, 0.15) is 5.75 Å². The van der Waals surface area contributed by atoms with Crippen LogP contribution in [0.15, 0.2) is 47.4 Å². The zero-order chi connectivity index (χ0) is 21.3. The average molecular weight is 460 g/mol. The molecule has 166 valence electrons. The minimum Gasteiger partial charge on any atom is -0.494 e. The fraction of sp³-hybridized carbons (Fsp3) is 0.435. The van der Waals surface area contributed by atoms with E-state index in [4.69, 9.17) is 16.3 Å². The Morgan fingerprint density at radius 1 is 1.10 bits per heavy atom. The first-order valence-electron chi connectivity index (χ1n) is 11.0. The van der Waals surface area contributed by atoms with Gasteiger partial charge in [-0.15, -0.1) is 0 Å². The third-order valence-electron chi connectivity index (χ3n) is 5.41. The maximum Gasteiger partial charge on any atom is 0.119 e. The normalized spacial score (nSPS) is 14.9. The van der Waals surface area contributed by atoms with Crippen molar-refractivity contribution in [2.24, 2.45) is 0 Å². The molecule has 0 bridgehead atoms. The van der Waals surface area contributed by atoms with Crippen LogP contribution in [0, 0.1) is 0 Å². The van der Waals surface area contributed by atoms with Gasteiger partial charge >= 0.3 is 0 Å². The molecule has 0 atom stereocenters. The number of fused-ring (bicyclic) bond motifs is 1. The molecule has 0 saturated carbocycles. The van der Waals surface area contributed by atoms with E-state index in [1.807, 2.05) is 18.2 Å². The maximum absolute atomic E-state index is 6.11. The second kappa shape index (κ2) is 11.7. The summed E-state index contributed by atoms with van der Waals surface area (Å²) in [7, 11) is 0. The Bertz CT molecular complexity index is 943. The van der Waals surface area contributed by atoms with Crippen LogP contribution in [-0.4, -0.2) is 61.0 Å². The number of aryl methyl sites for hydroxylation is 1. The first-order valence-corrected chi connectivity index (χ1v) is 12.2. The van der Waals surface area contributed by atoms with Gasteiger partial charge in [-0.1, -0.05) is 11.6 Å². The summed E-state index contributed by atoms with van der Waals surface area (Å²) < 4.78 is 9.32. The van der Waals surface area contributed by atoms with Crippen LogP contribution in [0.1, 0.15) is 18.5 Å². The fourth-order valence-corrected chi connectivity index (χ4v) is 4.57. The second-order valence-electron chi connectivity index (χ2n) is 7.73. The van der Waals surface area contributed by atoms with Crippen molar-refractivity contribution in [1.29, 1.82) is 0 Å². The zero-order valence-electron chi connectivity index (χ0n) is 17.7. The molecule has 0 amide bonds. The molecule has 1 aromatic heterocycles. The van der Waals surface area contributed by atoms with Crippen molar-refractivity contribution in [3.63, 3.8) is 0 Å². The van der Waals surface area contributed by atoms with Crippen molar-refractivity contribution in [1.82, 2.24) is 25.1 Å². The molecule has 3 N–H and O–H groups in total. The Balaban J connectivity index is 1.11. The molecule has 1 aliphatic heterocycles. The molecule has 0 spiro atoms. The van der Waals surface area contributed by atoms with Gasteiger partial charge in [0.25, 0.3) is 0 Å². The highest BCUT2D eigenvalue weighted by Crippen LogP contribution is 2.22. The van der Waals surface area contributed by atoms with Crippen LogP contribution < -0.4 is 14.8 Å². The number of H-pyrrole nitrogens is 1. The molecule has 0 unspecified atom stereocenters. The van der Waals surface area contributed by atoms with Crippen LogP contribution in [-0.2, 0) is 6.42 Å². The molecule has 31 heavy (non-hydrogen) atoms. The third-order valence-corrected chi connectivity index (χ3v) is 6.50. The van der Waals surface area contributed by atoms with E-state index in [9.17, 15) is 0 Å². The Morgan fingerprint density at radius 2 is 1.94 bits per heavy atom. The predicted molar refractivity (Wildman–Crippen MR) is 129 cm³/mol. The number of hydrogen-bond acceptors (Lipinski definition) is 6. The molecule has 1 saturated heterocycles. The fourth-order valence-electron chi connectivity index (χ4n) is 3.71. The van der Waals surface area contributed by atoms with Gasteiger partial charge < -0.3 is 15.0 Å². The van der Waals surface area contributed by atoms with Crippen molar-refractivity contribution in [3.05, 3.63) is 53.2 Å². The predicted octanol–water partition coefficient (Wildman–Crippen LogP) is 4.12. The summed E-state index contributed by atoms with van der Waals surface area (Å²) in [5.74, 6) is 0.939. The number of aromatic nitrogens is 2. The number of rotatable bonds is 11.